The van der Waals surface area contributed by atoms with Crippen molar-refractivity contribution in [2.24, 2.45) is 0 Å². The molecule has 0 aromatic heterocycles. The first-order valence-corrected chi connectivity index (χ1v) is 5.06. The lowest BCUT2D eigenvalue weighted by Crippen LogP contribution is -2.25. The van der Waals surface area contributed by atoms with Crippen LogP contribution < -0.4 is 0 Å². The van der Waals surface area contributed by atoms with E-state index in [-0.39, 0.29) is 6.17 Å². The standard InChI is InChI=1S/C5H11FNOS/c6-5-1-3-9(7,8)4-2-5/h9H,1-4H2,(H2,7,8). The van der Waals surface area contributed by atoms with Gasteiger partial charge in [0.1, 0.15) is 6.17 Å². The van der Waals surface area contributed by atoms with E-state index in [4.69, 9.17) is 9.33 Å². The summed E-state index contributed by atoms with van der Waals surface area (Å²) >= 11 is 0. The van der Waals surface area contributed by atoms with Crippen LogP contribution in [0.3, 0.4) is 0 Å². The van der Waals surface area contributed by atoms with Gasteiger partial charge in [-0.2, -0.15) is 0 Å². The van der Waals surface area contributed by atoms with Crippen LogP contribution in [-0.2, 0) is 10.1 Å². The quantitative estimate of drug-likeness (QED) is 0.451. The molecule has 9 heavy (non-hydrogen) atoms. The molecule has 0 aliphatic carbocycles. The van der Waals surface area contributed by atoms with Gasteiger partial charge < -0.3 is 4.55 Å². The zero-order valence-electron chi connectivity index (χ0n) is 5.10. The smallest absolute Gasteiger partial charge is 0.146 e. The van der Waals surface area contributed by atoms with Crippen LogP contribution in [0.1, 0.15) is 12.8 Å². The van der Waals surface area contributed by atoms with Gasteiger partial charge in [-0.3, -0.25) is 4.78 Å². The maximum atomic E-state index is 12.3. The van der Waals surface area contributed by atoms with Crippen molar-refractivity contribution in [3.05, 3.63) is 6.17 Å². The number of hydrogen-bond donors (Lipinski definition) is 3. The number of nitrogens with one attached hydrogen (secondary N) is 1. The number of hydrogen-bond acceptors (Lipinski definition) is 1. The molecule has 0 aromatic carbocycles. The first kappa shape index (κ1) is 7.15. The van der Waals surface area contributed by atoms with Gasteiger partial charge in [-0.1, -0.05) is 0 Å². The predicted molar refractivity (Wildman–Crippen MR) is 37.4 cm³/mol. The van der Waals surface area contributed by atoms with Crippen LogP contribution in [-0.4, -0.2) is 16.1 Å². The third-order valence-corrected chi connectivity index (χ3v) is 3.43. The van der Waals surface area contributed by atoms with E-state index in [0.29, 0.717) is 24.3 Å². The maximum absolute atomic E-state index is 12.3. The van der Waals surface area contributed by atoms with E-state index in [9.17, 15) is 4.39 Å². The molecule has 0 bridgehead atoms. The van der Waals surface area contributed by atoms with E-state index in [1.54, 1.807) is 0 Å². The van der Waals surface area contributed by atoms with Crippen LogP contribution in [0.25, 0.3) is 0 Å². The number of halogens is 1. The molecule has 1 radical (unpaired) electrons. The zero-order valence-corrected chi connectivity index (χ0v) is 6.00. The van der Waals surface area contributed by atoms with Gasteiger partial charge in [0.2, 0.25) is 0 Å². The van der Waals surface area contributed by atoms with E-state index in [1.165, 1.54) is 0 Å². The van der Waals surface area contributed by atoms with Crippen LogP contribution in [0.2, 0.25) is 0 Å². The van der Waals surface area contributed by atoms with Crippen LogP contribution in [0.5, 0.6) is 0 Å². The Kier molecular flexibility index (Phi) is 1.86. The van der Waals surface area contributed by atoms with Crippen molar-refractivity contribution in [3.63, 3.8) is 0 Å². The highest BCUT2D eigenvalue weighted by Gasteiger charge is 2.20. The molecule has 0 unspecified atom stereocenters. The first-order chi connectivity index (χ1) is 4.10. The minimum absolute atomic E-state index is 0.0491. The number of rotatable bonds is 0. The summed E-state index contributed by atoms with van der Waals surface area (Å²) in [5, 5.41) is 0. The van der Waals surface area contributed by atoms with Crippen molar-refractivity contribution < 1.29 is 8.94 Å². The summed E-state index contributed by atoms with van der Waals surface area (Å²) in [4.78, 5) is 0. The molecular formula is C5H11FNOS. The van der Waals surface area contributed by atoms with Gasteiger partial charge >= 0.3 is 0 Å². The fourth-order valence-corrected chi connectivity index (χ4v) is 2.30. The minimum Gasteiger partial charge on any atom is -0.345 e. The Hall–Kier alpha value is 0.0400. The van der Waals surface area contributed by atoms with Crippen LogP contribution in [0, 0.1) is 11.0 Å². The molecule has 1 rings (SSSR count). The lowest BCUT2D eigenvalue weighted by atomic mass is 10.2. The fraction of sp³-hybridized carbons (Fsp3) is 0.800. The lowest BCUT2D eigenvalue weighted by molar-refractivity contribution is 0.436. The Morgan fingerprint density at radius 2 is 1.89 bits per heavy atom. The molecule has 1 aliphatic heterocycles. The van der Waals surface area contributed by atoms with E-state index >= 15 is 0 Å². The van der Waals surface area contributed by atoms with Crippen LogP contribution >= 0.6 is 0 Å². The van der Waals surface area contributed by atoms with Gasteiger partial charge in [0.15, 0.2) is 0 Å². The van der Waals surface area contributed by atoms with Crippen LogP contribution in [0.4, 0.5) is 4.39 Å². The average Bonchev–Trinajstić information content (AvgIpc) is 1.78. The molecule has 0 saturated carbocycles. The SMILES string of the molecule is N=[SH]1(O)CC[C](F)CC1. The molecule has 4 heteroatoms. The van der Waals surface area contributed by atoms with Gasteiger partial charge in [0.25, 0.3) is 0 Å². The lowest BCUT2D eigenvalue weighted by Gasteiger charge is -2.26. The highest BCUT2D eigenvalue weighted by molar-refractivity contribution is 7.98. The molecule has 2 nitrogen and oxygen atoms in total. The van der Waals surface area contributed by atoms with Crippen molar-refractivity contribution in [3.8, 4) is 0 Å². The molecule has 1 fully saturated rings. The third kappa shape index (κ3) is 2.02. The molecule has 1 aliphatic rings. The number of thiol groups is 1. The Morgan fingerprint density at radius 3 is 2.22 bits per heavy atom. The van der Waals surface area contributed by atoms with E-state index in [0.717, 1.165) is 0 Å². The van der Waals surface area contributed by atoms with Crippen molar-refractivity contribution in [2.75, 3.05) is 11.5 Å². The largest absolute Gasteiger partial charge is 0.345 e. The molecule has 1 heterocycles. The molecule has 0 amide bonds. The monoisotopic (exact) mass is 152 g/mol. The van der Waals surface area contributed by atoms with Crippen LogP contribution in [0.15, 0.2) is 0 Å². The molecule has 1 saturated heterocycles. The average molecular weight is 152 g/mol. The Balaban J connectivity index is 2.44. The van der Waals surface area contributed by atoms with Gasteiger partial charge in [-0.05, 0) is 12.8 Å². The second-order valence-corrected chi connectivity index (χ2v) is 5.13. The molecular weight excluding hydrogens is 141 g/mol. The molecule has 55 valence electrons. The summed E-state index contributed by atoms with van der Waals surface area (Å²) in [6, 6.07) is 0. The highest BCUT2D eigenvalue weighted by Crippen LogP contribution is 2.24. The topological polar surface area (TPSA) is 44.1 Å². The second kappa shape index (κ2) is 2.34. The van der Waals surface area contributed by atoms with Crippen molar-refractivity contribution in [2.45, 2.75) is 12.8 Å². The summed E-state index contributed by atoms with van der Waals surface area (Å²) in [6.45, 7) is 0. The Morgan fingerprint density at radius 1 is 1.44 bits per heavy atom. The fourth-order valence-electron chi connectivity index (χ4n) is 0.849. The summed E-state index contributed by atoms with van der Waals surface area (Å²) in [5.41, 5.74) is 0. The molecule has 0 spiro atoms. The van der Waals surface area contributed by atoms with E-state index in [2.05, 4.69) is 0 Å². The summed E-state index contributed by atoms with van der Waals surface area (Å²) in [6.07, 6.45) is 0.577. The van der Waals surface area contributed by atoms with Crippen molar-refractivity contribution in [1.82, 2.24) is 0 Å². The highest BCUT2D eigenvalue weighted by atomic mass is 32.3. The predicted octanol–water partition coefficient (Wildman–Crippen LogP) is 1.40. The van der Waals surface area contributed by atoms with Crippen molar-refractivity contribution >= 4 is 10.1 Å². The first-order valence-electron chi connectivity index (χ1n) is 2.95. The van der Waals surface area contributed by atoms with E-state index in [1.807, 2.05) is 0 Å². The second-order valence-electron chi connectivity index (χ2n) is 2.39. The van der Waals surface area contributed by atoms with Gasteiger partial charge in [0.05, 0.1) is 0 Å². The van der Waals surface area contributed by atoms with Gasteiger partial charge in [-0.15, -0.1) is 10.1 Å². The normalized spacial score (nSPS) is 31.8. The Bertz CT molecular complexity index is 138. The van der Waals surface area contributed by atoms with E-state index < -0.39 is 10.1 Å². The zero-order chi connectivity index (χ0) is 6.91. The summed E-state index contributed by atoms with van der Waals surface area (Å²) in [7, 11) is -2.38. The van der Waals surface area contributed by atoms with Gasteiger partial charge in [0, 0.05) is 11.5 Å². The maximum Gasteiger partial charge on any atom is 0.146 e. The Labute approximate surface area is 55.1 Å². The third-order valence-electron chi connectivity index (χ3n) is 1.51. The summed E-state index contributed by atoms with van der Waals surface area (Å²) < 4.78 is 28.6. The van der Waals surface area contributed by atoms with Crippen molar-refractivity contribution in [1.29, 1.82) is 4.78 Å². The molecule has 2 N–H and O–H groups in total. The minimum atomic E-state index is -2.38. The molecule has 0 aromatic rings. The summed E-state index contributed by atoms with van der Waals surface area (Å²) in [5.74, 6) is 0.720. The molecule has 0 atom stereocenters. The van der Waals surface area contributed by atoms with Gasteiger partial charge in [-0.25, -0.2) is 4.39 Å².